The summed E-state index contributed by atoms with van der Waals surface area (Å²) in [5, 5.41) is 3.92. The highest BCUT2D eigenvalue weighted by molar-refractivity contribution is 5.94. The monoisotopic (exact) mass is 363 g/mol. The molecular weight excluding hydrogens is 342 g/mol. The number of rotatable bonds is 8. The Balaban J connectivity index is 1.49. The highest BCUT2D eigenvalue weighted by Crippen LogP contribution is 2.18. The van der Waals surface area contributed by atoms with Crippen molar-refractivity contribution in [2.24, 2.45) is 5.10 Å². The summed E-state index contributed by atoms with van der Waals surface area (Å²) in [6.07, 6.45) is 3.34. The van der Waals surface area contributed by atoms with Gasteiger partial charge in [0.2, 0.25) is 0 Å². The fourth-order valence-corrected chi connectivity index (χ4v) is 2.37. The van der Waals surface area contributed by atoms with Gasteiger partial charge in [-0.3, -0.25) is 4.79 Å². The van der Waals surface area contributed by atoms with Gasteiger partial charge < -0.3 is 14.5 Å². The van der Waals surface area contributed by atoms with Crippen LogP contribution in [0.4, 0.5) is 0 Å². The number of carbonyl (C=O) groups excluding carboxylic acids is 1. The molecule has 0 spiro atoms. The van der Waals surface area contributed by atoms with Gasteiger partial charge in [0.25, 0.3) is 5.91 Å². The standard InChI is InChI=1S/C21H21N3O3/c1-2-26-19-9-11-20(12-10-19)27-15-16-5-7-17(8-6-16)21(25)24-23-14-18-4-3-13-22-18/h3-14,22H,2,15H2,1H3,(H,24,25)/b23-14+. The van der Waals surface area contributed by atoms with Crippen LogP contribution in [0, 0.1) is 0 Å². The van der Waals surface area contributed by atoms with Crippen LogP contribution in [-0.4, -0.2) is 23.7 Å². The molecule has 0 aliphatic heterocycles. The number of hydrogen-bond acceptors (Lipinski definition) is 4. The van der Waals surface area contributed by atoms with Crippen molar-refractivity contribution in [3.05, 3.63) is 83.7 Å². The number of hydrazone groups is 1. The maximum atomic E-state index is 12.1. The second-order valence-corrected chi connectivity index (χ2v) is 5.71. The van der Waals surface area contributed by atoms with Crippen LogP contribution in [0.3, 0.4) is 0 Å². The van der Waals surface area contributed by atoms with Gasteiger partial charge in [-0.1, -0.05) is 12.1 Å². The highest BCUT2D eigenvalue weighted by atomic mass is 16.5. The zero-order chi connectivity index (χ0) is 18.9. The summed E-state index contributed by atoms with van der Waals surface area (Å²) in [4.78, 5) is 15.0. The number of ether oxygens (including phenoxy) is 2. The SMILES string of the molecule is CCOc1ccc(OCc2ccc(C(=O)N/N=C/c3ccc[nH]3)cc2)cc1. The van der Waals surface area contributed by atoms with Crippen molar-refractivity contribution >= 4 is 12.1 Å². The third-order valence-corrected chi connectivity index (χ3v) is 3.75. The maximum Gasteiger partial charge on any atom is 0.271 e. The summed E-state index contributed by atoms with van der Waals surface area (Å²) in [7, 11) is 0. The van der Waals surface area contributed by atoms with Crippen molar-refractivity contribution < 1.29 is 14.3 Å². The number of aromatic amines is 1. The zero-order valence-electron chi connectivity index (χ0n) is 15.0. The Morgan fingerprint density at radius 1 is 1.04 bits per heavy atom. The van der Waals surface area contributed by atoms with Gasteiger partial charge in [-0.15, -0.1) is 0 Å². The third-order valence-electron chi connectivity index (χ3n) is 3.75. The van der Waals surface area contributed by atoms with E-state index < -0.39 is 0 Å². The fraction of sp³-hybridized carbons (Fsp3) is 0.143. The van der Waals surface area contributed by atoms with Crippen LogP contribution < -0.4 is 14.9 Å². The average Bonchev–Trinajstić information content (AvgIpc) is 3.21. The Kier molecular flexibility index (Phi) is 6.25. The maximum absolute atomic E-state index is 12.1. The molecule has 0 saturated heterocycles. The normalized spacial score (nSPS) is 10.7. The number of benzene rings is 2. The molecular formula is C21H21N3O3. The minimum absolute atomic E-state index is 0.267. The molecule has 1 aromatic heterocycles. The molecule has 6 heteroatoms. The molecule has 138 valence electrons. The van der Waals surface area contributed by atoms with Crippen molar-refractivity contribution in [2.75, 3.05) is 6.61 Å². The van der Waals surface area contributed by atoms with Crippen LogP contribution in [0.5, 0.6) is 11.5 Å². The van der Waals surface area contributed by atoms with Gasteiger partial charge in [0.15, 0.2) is 0 Å². The Bertz CT molecular complexity index is 870. The van der Waals surface area contributed by atoms with E-state index >= 15 is 0 Å². The molecule has 2 aromatic carbocycles. The molecule has 6 nitrogen and oxygen atoms in total. The molecule has 3 rings (SSSR count). The second-order valence-electron chi connectivity index (χ2n) is 5.71. The summed E-state index contributed by atoms with van der Waals surface area (Å²) in [6, 6.07) is 18.4. The van der Waals surface area contributed by atoms with Crippen molar-refractivity contribution in [2.45, 2.75) is 13.5 Å². The van der Waals surface area contributed by atoms with E-state index in [2.05, 4.69) is 15.5 Å². The molecule has 0 bridgehead atoms. The zero-order valence-corrected chi connectivity index (χ0v) is 15.0. The molecule has 1 heterocycles. The van der Waals surface area contributed by atoms with E-state index in [1.165, 1.54) is 0 Å². The molecule has 2 N–H and O–H groups in total. The minimum Gasteiger partial charge on any atom is -0.494 e. The van der Waals surface area contributed by atoms with Gasteiger partial charge in [-0.05, 0) is 61.0 Å². The molecule has 0 radical (unpaired) electrons. The van der Waals surface area contributed by atoms with Gasteiger partial charge in [-0.2, -0.15) is 5.10 Å². The first-order valence-electron chi connectivity index (χ1n) is 8.66. The lowest BCUT2D eigenvalue weighted by Gasteiger charge is -2.08. The van der Waals surface area contributed by atoms with E-state index in [9.17, 15) is 4.79 Å². The number of nitrogens with one attached hydrogen (secondary N) is 2. The van der Waals surface area contributed by atoms with Gasteiger partial charge in [0.1, 0.15) is 18.1 Å². The topological polar surface area (TPSA) is 75.7 Å². The first-order valence-corrected chi connectivity index (χ1v) is 8.66. The largest absolute Gasteiger partial charge is 0.494 e. The fourth-order valence-electron chi connectivity index (χ4n) is 2.37. The molecule has 0 fully saturated rings. The Labute approximate surface area is 157 Å². The van der Waals surface area contributed by atoms with Gasteiger partial charge in [-0.25, -0.2) is 5.43 Å². The van der Waals surface area contributed by atoms with Crippen LogP contribution in [0.25, 0.3) is 0 Å². The molecule has 0 atom stereocenters. The van der Waals surface area contributed by atoms with Gasteiger partial charge in [0, 0.05) is 11.8 Å². The predicted octanol–water partition coefficient (Wildman–Crippen LogP) is 3.76. The summed E-state index contributed by atoms with van der Waals surface area (Å²) in [6.45, 7) is 3.00. The lowest BCUT2D eigenvalue weighted by molar-refractivity contribution is 0.0955. The third kappa shape index (κ3) is 5.47. The number of carbonyl (C=O) groups is 1. The molecule has 0 aliphatic carbocycles. The summed E-state index contributed by atoms with van der Waals surface area (Å²) in [5.41, 5.74) is 4.81. The van der Waals surface area contributed by atoms with Gasteiger partial charge in [0.05, 0.1) is 18.5 Å². The van der Waals surface area contributed by atoms with E-state index in [-0.39, 0.29) is 5.91 Å². The predicted molar refractivity (Wildman–Crippen MR) is 104 cm³/mol. The number of H-pyrrole nitrogens is 1. The van der Waals surface area contributed by atoms with E-state index in [1.807, 2.05) is 55.5 Å². The van der Waals surface area contributed by atoms with E-state index in [0.29, 0.717) is 18.8 Å². The average molecular weight is 363 g/mol. The van der Waals surface area contributed by atoms with Crippen molar-refractivity contribution in [1.29, 1.82) is 0 Å². The second kappa shape index (κ2) is 9.24. The molecule has 3 aromatic rings. The van der Waals surface area contributed by atoms with Crippen molar-refractivity contribution in [3.63, 3.8) is 0 Å². The Hall–Kier alpha value is -3.54. The minimum atomic E-state index is -0.267. The van der Waals surface area contributed by atoms with Crippen LogP contribution in [0.15, 0.2) is 72.0 Å². The lowest BCUT2D eigenvalue weighted by atomic mass is 10.1. The molecule has 27 heavy (non-hydrogen) atoms. The first-order chi connectivity index (χ1) is 13.2. The highest BCUT2D eigenvalue weighted by Gasteiger charge is 2.04. The number of nitrogens with zero attached hydrogens (tertiary/aromatic N) is 1. The molecule has 0 saturated carbocycles. The summed E-state index contributed by atoms with van der Waals surface area (Å²) < 4.78 is 11.2. The van der Waals surface area contributed by atoms with Crippen molar-refractivity contribution in [3.8, 4) is 11.5 Å². The summed E-state index contributed by atoms with van der Waals surface area (Å²) in [5.74, 6) is 1.31. The number of hydrogen-bond donors (Lipinski definition) is 2. The molecule has 1 amide bonds. The number of amides is 1. The first kappa shape index (κ1) is 18.3. The molecule has 0 aliphatic rings. The van der Waals surface area contributed by atoms with Crippen LogP contribution in [-0.2, 0) is 6.61 Å². The quantitative estimate of drug-likeness (QED) is 0.473. The van der Waals surface area contributed by atoms with E-state index in [1.54, 1.807) is 24.5 Å². The Morgan fingerprint density at radius 2 is 1.74 bits per heavy atom. The van der Waals surface area contributed by atoms with Crippen molar-refractivity contribution in [1.82, 2.24) is 10.4 Å². The Morgan fingerprint density at radius 3 is 2.37 bits per heavy atom. The van der Waals surface area contributed by atoms with E-state index in [0.717, 1.165) is 22.8 Å². The lowest BCUT2D eigenvalue weighted by Crippen LogP contribution is -2.17. The smallest absolute Gasteiger partial charge is 0.271 e. The van der Waals surface area contributed by atoms with E-state index in [4.69, 9.17) is 9.47 Å². The van der Waals surface area contributed by atoms with Crippen LogP contribution in [0.2, 0.25) is 0 Å². The van der Waals surface area contributed by atoms with Crippen LogP contribution >= 0.6 is 0 Å². The molecule has 0 unspecified atom stereocenters. The summed E-state index contributed by atoms with van der Waals surface area (Å²) >= 11 is 0. The van der Waals surface area contributed by atoms with Gasteiger partial charge >= 0.3 is 0 Å². The number of aromatic nitrogens is 1. The van der Waals surface area contributed by atoms with Crippen LogP contribution in [0.1, 0.15) is 28.5 Å².